The number of likely N-dealkylation sites (tertiary alicyclic amines) is 1. The highest BCUT2D eigenvalue weighted by Gasteiger charge is 2.32. The SMILES string of the molecule is CCN1CCCC(CC2CNC(C)(C)C2)C1. The summed E-state index contributed by atoms with van der Waals surface area (Å²) in [5.74, 6) is 1.89. The fourth-order valence-corrected chi connectivity index (χ4v) is 3.56. The van der Waals surface area contributed by atoms with Gasteiger partial charge in [-0.2, -0.15) is 0 Å². The number of piperidine rings is 1. The molecule has 2 fully saturated rings. The second kappa shape index (κ2) is 5.05. The number of nitrogens with zero attached hydrogens (tertiary/aromatic N) is 1. The molecule has 0 aromatic heterocycles. The Balaban J connectivity index is 1.77. The van der Waals surface area contributed by atoms with Crippen molar-refractivity contribution in [3.63, 3.8) is 0 Å². The van der Waals surface area contributed by atoms with Gasteiger partial charge in [-0.15, -0.1) is 0 Å². The lowest BCUT2D eigenvalue weighted by atomic mass is 9.85. The van der Waals surface area contributed by atoms with Crippen molar-refractivity contribution < 1.29 is 0 Å². The summed E-state index contributed by atoms with van der Waals surface area (Å²) in [4.78, 5) is 2.63. The molecule has 16 heavy (non-hydrogen) atoms. The molecule has 2 heterocycles. The first-order valence-corrected chi connectivity index (χ1v) is 7.06. The Morgan fingerprint density at radius 2 is 2.12 bits per heavy atom. The maximum absolute atomic E-state index is 3.65. The molecule has 0 saturated carbocycles. The lowest BCUT2D eigenvalue weighted by Crippen LogP contribution is -2.36. The fraction of sp³-hybridized carbons (Fsp3) is 1.00. The second-order valence-electron chi connectivity index (χ2n) is 6.47. The van der Waals surface area contributed by atoms with E-state index in [9.17, 15) is 0 Å². The second-order valence-corrected chi connectivity index (χ2v) is 6.47. The van der Waals surface area contributed by atoms with Gasteiger partial charge in [0.1, 0.15) is 0 Å². The van der Waals surface area contributed by atoms with Gasteiger partial charge in [0.25, 0.3) is 0 Å². The molecule has 2 aliphatic rings. The van der Waals surface area contributed by atoms with Gasteiger partial charge >= 0.3 is 0 Å². The van der Waals surface area contributed by atoms with Crippen LogP contribution in [-0.2, 0) is 0 Å². The van der Waals surface area contributed by atoms with E-state index in [1.165, 1.54) is 51.9 Å². The van der Waals surface area contributed by atoms with Crippen molar-refractivity contribution in [2.24, 2.45) is 11.8 Å². The van der Waals surface area contributed by atoms with E-state index in [-0.39, 0.29) is 0 Å². The highest BCUT2D eigenvalue weighted by atomic mass is 15.1. The zero-order valence-electron chi connectivity index (χ0n) is 11.3. The van der Waals surface area contributed by atoms with Crippen molar-refractivity contribution in [2.75, 3.05) is 26.2 Å². The van der Waals surface area contributed by atoms with Gasteiger partial charge in [0.15, 0.2) is 0 Å². The molecule has 94 valence electrons. The van der Waals surface area contributed by atoms with Crippen LogP contribution in [-0.4, -0.2) is 36.6 Å². The molecular formula is C14H28N2. The molecule has 1 N–H and O–H groups in total. The minimum Gasteiger partial charge on any atom is -0.312 e. The molecule has 0 bridgehead atoms. The van der Waals surface area contributed by atoms with Gasteiger partial charge in [0.2, 0.25) is 0 Å². The average Bonchev–Trinajstić information content (AvgIpc) is 2.58. The highest BCUT2D eigenvalue weighted by Crippen LogP contribution is 2.31. The summed E-state index contributed by atoms with van der Waals surface area (Å²) in [7, 11) is 0. The first-order chi connectivity index (χ1) is 7.59. The van der Waals surface area contributed by atoms with Crippen molar-refractivity contribution >= 4 is 0 Å². The summed E-state index contributed by atoms with van der Waals surface area (Å²) in [5.41, 5.74) is 0.393. The third-order valence-electron chi connectivity index (χ3n) is 4.39. The minimum atomic E-state index is 0.393. The van der Waals surface area contributed by atoms with Gasteiger partial charge in [-0.3, -0.25) is 0 Å². The van der Waals surface area contributed by atoms with Crippen LogP contribution < -0.4 is 5.32 Å². The number of hydrogen-bond donors (Lipinski definition) is 1. The Bertz CT molecular complexity index is 225. The molecule has 2 heteroatoms. The largest absolute Gasteiger partial charge is 0.312 e. The Morgan fingerprint density at radius 3 is 2.75 bits per heavy atom. The van der Waals surface area contributed by atoms with Crippen LogP contribution in [0, 0.1) is 11.8 Å². The Hall–Kier alpha value is -0.0800. The lowest BCUT2D eigenvalue weighted by molar-refractivity contribution is 0.163. The van der Waals surface area contributed by atoms with E-state index >= 15 is 0 Å². The van der Waals surface area contributed by atoms with Crippen molar-refractivity contribution in [1.82, 2.24) is 10.2 Å². The molecule has 2 nitrogen and oxygen atoms in total. The normalized spacial score (nSPS) is 35.4. The Morgan fingerprint density at radius 1 is 1.31 bits per heavy atom. The van der Waals surface area contributed by atoms with Gasteiger partial charge < -0.3 is 10.2 Å². The van der Waals surface area contributed by atoms with E-state index in [0.29, 0.717) is 5.54 Å². The molecule has 0 amide bonds. The van der Waals surface area contributed by atoms with E-state index in [1.807, 2.05) is 0 Å². The highest BCUT2D eigenvalue weighted by molar-refractivity contribution is 4.90. The molecule has 2 saturated heterocycles. The lowest BCUT2D eigenvalue weighted by Gasteiger charge is -2.33. The standard InChI is InChI=1S/C14H28N2/c1-4-16-7-5-6-12(11-16)8-13-9-14(2,3)15-10-13/h12-13,15H,4-11H2,1-3H3. The fourth-order valence-electron chi connectivity index (χ4n) is 3.56. The predicted molar refractivity (Wildman–Crippen MR) is 69.6 cm³/mol. The number of rotatable bonds is 3. The zero-order valence-corrected chi connectivity index (χ0v) is 11.3. The van der Waals surface area contributed by atoms with Gasteiger partial charge in [-0.05, 0) is 71.0 Å². The van der Waals surface area contributed by atoms with Crippen LogP contribution >= 0.6 is 0 Å². The van der Waals surface area contributed by atoms with Crippen molar-refractivity contribution in [1.29, 1.82) is 0 Å². The summed E-state index contributed by atoms with van der Waals surface area (Å²) >= 11 is 0. The van der Waals surface area contributed by atoms with E-state index < -0.39 is 0 Å². The van der Waals surface area contributed by atoms with E-state index in [1.54, 1.807) is 0 Å². The van der Waals surface area contributed by atoms with Crippen LogP contribution in [0.5, 0.6) is 0 Å². The average molecular weight is 224 g/mol. The van der Waals surface area contributed by atoms with Gasteiger partial charge in [-0.1, -0.05) is 6.92 Å². The van der Waals surface area contributed by atoms with E-state index in [2.05, 4.69) is 31.0 Å². The molecule has 0 aromatic rings. The molecule has 0 aromatic carbocycles. The van der Waals surface area contributed by atoms with Gasteiger partial charge in [0.05, 0.1) is 0 Å². The van der Waals surface area contributed by atoms with Gasteiger partial charge in [-0.25, -0.2) is 0 Å². The van der Waals surface area contributed by atoms with Crippen molar-refractivity contribution in [2.45, 2.75) is 52.0 Å². The predicted octanol–water partition coefficient (Wildman–Crippen LogP) is 2.50. The molecule has 2 aliphatic heterocycles. The molecule has 0 spiro atoms. The van der Waals surface area contributed by atoms with Crippen LogP contribution in [0.15, 0.2) is 0 Å². The van der Waals surface area contributed by atoms with Crippen LogP contribution in [0.1, 0.15) is 46.5 Å². The van der Waals surface area contributed by atoms with Crippen molar-refractivity contribution in [3.8, 4) is 0 Å². The smallest absolute Gasteiger partial charge is 0.0128 e. The van der Waals surface area contributed by atoms with Gasteiger partial charge in [0, 0.05) is 12.1 Å². The monoisotopic (exact) mass is 224 g/mol. The Kier molecular flexibility index (Phi) is 3.91. The molecule has 2 atom stereocenters. The molecular weight excluding hydrogens is 196 g/mol. The zero-order chi connectivity index (χ0) is 11.6. The van der Waals surface area contributed by atoms with Crippen molar-refractivity contribution in [3.05, 3.63) is 0 Å². The quantitative estimate of drug-likeness (QED) is 0.792. The summed E-state index contributed by atoms with van der Waals surface area (Å²) in [6.07, 6.45) is 5.71. The van der Waals surface area contributed by atoms with Crippen LogP contribution in [0.2, 0.25) is 0 Å². The maximum Gasteiger partial charge on any atom is 0.0128 e. The Labute approximate surface area is 101 Å². The third kappa shape index (κ3) is 3.21. The number of hydrogen-bond acceptors (Lipinski definition) is 2. The summed E-state index contributed by atoms with van der Waals surface area (Å²) in [5, 5.41) is 3.65. The summed E-state index contributed by atoms with van der Waals surface area (Å²) < 4.78 is 0. The molecule has 2 unspecified atom stereocenters. The van der Waals surface area contributed by atoms with Crippen LogP contribution in [0.3, 0.4) is 0 Å². The first kappa shape index (κ1) is 12.4. The van der Waals surface area contributed by atoms with Crippen LogP contribution in [0.4, 0.5) is 0 Å². The third-order valence-corrected chi connectivity index (χ3v) is 4.39. The molecule has 2 rings (SSSR count). The van der Waals surface area contributed by atoms with Crippen LogP contribution in [0.25, 0.3) is 0 Å². The summed E-state index contributed by atoms with van der Waals surface area (Å²) in [6, 6.07) is 0. The van der Waals surface area contributed by atoms with E-state index in [4.69, 9.17) is 0 Å². The van der Waals surface area contributed by atoms with E-state index in [0.717, 1.165) is 11.8 Å². The molecule has 0 aliphatic carbocycles. The first-order valence-electron chi connectivity index (χ1n) is 7.06. The maximum atomic E-state index is 3.65. The topological polar surface area (TPSA) is 15.3 Å². The molecule has 0 radical (unpaired) electrons. The number of nitrogens with one attached hydrogen (secondary N) is 1. The summed E-state index contributed by atoms with van der Waals surface area (Å²) in [6.45, 7) is 12.1. The minimum absolute atomic E-state index is 0.393.